The molecule has 0 aliphatic carbocycles. The van der Waals surface area contributed by atoms with Gasteiger partial charge in [-0.15, -0.1) is 0 Å². The zero-order chi connectivity index (χ0) is 24.8. The average Bonchev–Trinajstić information content (AvgIpc) is 3.21. The van der Waals surface area contributed by atoms with E-state index < -0.39 is 16.5 Å². The molecule has 1 unspecified atom stereocenters. The summed E-state index contributed by atoms with van der Waals surface area (Å²) >= 11 is 0. The quantitative estimate of drug-likeness (QED) is 0.170. The maximum Gasteiger partial charge on any atom is 0.446 e. The number of benzene rings is 3. The van der Waals surface area contributed by atoms with Crippen molar-refractivity contribution in [3.8, 4) is 23.0 Å². The Morgan fingerprint density at radius 2 is 1.77 bits per heavy atom. The van der Waals surface area contributed by atoms with Crippen LogP contribution >= 0.6 is 0 Å². The van der Waals surface area contributed by atoms with Gasteiger partial charge in [-0.3, -0.25) is 4.55 Å². The van der Waals surface area contributed by atoms with Crippen LogP contribution < -0.4 is 23.7 Å². The lowest BCUT2D eigenvalue weighted by molar-refractivity contribution is 0.106. The van der Waals surface area contributed by atoms with Gasteiger partial charge in [0.15, 0.2) is 11.5 Å². The van der Waals surface area contributed by atoms with Crippen molar-refractivity contribution in [2.75, 3.05) is 33.4 Å². The molecule has 0 aliphatic rings. The van der Waals surface area contributed by atoms with Crippen molar-refractivity contribution in [3.05, 3.63) is 60.7 Å². The number of nitrogens with one attached hydrogen (secondary N) is 2. The molecule has 4 aromatic rings. The van der Waals surface area contributed by atoms with Crippen LogP contribution in [0, 0.1) is 0 Å². The van der Waals surface area contributed by atoms with Crippen LogP contribution in [-0.4, -0.2) is 62.6 Å². The van der Waals surface area contributed by atoms with Gasteiger partial charge in [-0.25, -0.2) is 0 Å². The third-order valence-electron chi connectivity index (χ3n) is 5.18. The lowest BCUT2D eigenvalue weighted by Gasteiger charge is -2.15. The first-order chi connectivity index (χ1) is 16.8. The van der Waals surface area contributed by atoms with Crippen LogP contribution in [0.25, 0.3) is 21.8 Å². The molecule has 35 heavy (non-hydrogen) atoms. The highest BCUT2D eigenvalue weighted by molar-refractivity contribution is 7.81. The number of ether oxygens (including phenoxy) is 3. The monoisotopic (exact) mass is 502 g/mol. The molecule has 186 valence electrons. The standard InChI is InChI=1S/C24H26N2O8S/c1-31-23-13-17(34-35(28,29)30)9-10-21(23)32-12-11-25-14-16(27)15-33-22-8-4-7-20-24(22)18-5-2-3-6-19(18)26-20/h2-10,13,16,25-27H,11-12,14-15H2,1H3,(H,28,29,30). The fourth-order valence-corrected chi connectivity index (χ4v) is 4.02. The number of rotatable bonds is 12. The minimum absolute atomic E-state index is 0.110. The van der Waals surface area contributed by atoms with Gasteiger partial charge < -0.3 is 33.8 Å². The molecule has 4 rings (SSSR count). The molecule has 0 saturated heterocycles. The van der Waals surface area contributed by atoms with Crippen molar-refractivity contribution in [3.63, 3.8) is 0 Å². The number of H-pyrrole nitrogens is 1. The first-order valence-corrected chi connectivity index (χ1v) is 12.2. The molecule has 0 amide bonds. The number of fused-ring (bicyclic) bond motifs is 3. The molecule has 3 aromatic carbocycles. The van der Waals surface area contributed by atoms with Crippen molar-refractivity contribution < 1.29 is 36.5 Å². The Balaban J connectivity index is 1.24. The fraction of sp³-hybridized carbons (Fsp3) is 0.250. The predicted molar refractivity (Wildman–Crippen MR) is 131 cm³/mol. The SMILES string of the molecule is COc1cc(OS(=O)(=O)O)ccc1OCCNCC(O)COc1cccc2[nH]c3ccccc3c12. The van der Waals surface area contributed by atoms with Crippen LogP contribution in [-0.2, 0) is 10.4 Å². The molecule has 10 nitrogen and oxygen atoms in total. The van der Waals surface area contributed by atoms with E-state index in [0.717, 1.165) is 21.8 Å². The molecule has 1 aromatic heterocycles. The Hall–Kier alpha value is -3.51. The predicted octanol–water partition coefficient (Wildman–Crippen LogP) is 2.92. The van der Waals surface area contributed by atoms with Crippen molar-refractivity contribution in [1.29, 1.82) is 0 Å². The molecular formula is C24H26N2O8S. The molecule has 0 saturated carbocycles. The minimum Gasteiger partial charge on any atom is -0.493 e. The molecule has 1 heterocycles. The van der Waals surface area contributed by atoms with E-state index in [9.17, 15) is 13.5 Å². The summed E-state index contributed by atoms with van der Waals surface area (Å²) in [6.07, 6.45) is -0.734. The van der Waals surface area contributed by atoms with Crippen LogP contribution in [0.4, 0.5) is 0 Å². The average molecular weight is 503 g/mol. The molecule has 1 atom stereocenters. The number of aromatic nitrogens is 1. The zero-order valence-corrected chi connectivity index (χ0v) is 19.7. The van der Waals surface area contributed by atoms with Gasteiger partial charge in [-0.1, -0.05) is 24.3 Å². The number of methoxy groups -OCH3 is 1. The van der Waals surface area contributed by atoms with E-state index in [1.54, 1.807) is 0 Å². The molecular weight excluding hydrogens is 476 g/mol. The topological polar surface area (TPSA) is 139 Å². The summed E-state index contributed by atoms with van der Waals surface area (Å²) in [6.45, 7) is 1.11. The first-order valence-electron chi connectivity index (χ1n) is 10.8. The summed E-state index contributed by atoms with van der Waals surface area (Å²) in [6, 6.07) is 17.9. The molecule has 4 N–H and O–H groups in total. The number of hydrogen-bond donors (Lipinski definition) is 4. The van der Waals surface area contributed by atoms with Crippen LogP contribution in [0.5, 0.6) is 23.0 Å². The van der Waals surface area contributed by atoms with Gasteiger partial charge in [0.25, 0.3) is 0 Å². The van der Waals surface area contributed by atoms with E-state index in [4.69, 9.17) is 18.8 Å². The molecule has 0 radical (unpaired) electrons. The van der Waals surface area contributed by atoms with Crippen LogP contribution in [0.15, 0.2) is 60.7 Å². The van der Waals surface area contributed by atoms with Crippen molar-refractivity contribution in [2.24, 2.45) is 0 Å². The van der Waals surface area contributed by atoms with E-state index in [0.29, 0.717) is 24.6 Å². The van der Waals surface area contributed by atoms with Gasteiger partial charge >= 0.3 is 10.4 Å². The second-order valence-corrected chi connectivity index (χ2v) is 8.71. The normalized spacial score (nSPS) is 12.5. The molecule has 0 bridgehead atoms. The molecule has 0 fully saturated rings. The van der Waals surface area contributed by atoms with E-state index in [2.05, 4.69) is 14.5 Å². The lowest BCUT2D eigenvalue weighted by Crippen LogP contribution is -2.33. The fourth-order valence-electron chi connectivity index (χ4n) is 3.68. The van der Waals surface area contributed by atoms with E-state index in [1.807, 2.05) is 42.5 Å². The largest absolute Gasteiger partial charge is 0.493 e. The summed E-state index contributed by atoms with van der Waals surface area (Å²) in [5, 5.41) is 15.5. The lowest BCUT2D eigenvalue weighted by atomic mass is 10.1. The maximum atomic E-state index is 10.8. The summed E-state index contributed by atoms with van der Waals surface area (Å²) in [5.74, 6) is 1.20. The van der Waals surface area contributed by atoms with Gasteiger partial charge in [0.1, 0.15) is 30.8 Å². The summed E-state index contributed by atoms with van der Waals surface area (Å²) in [7, 11) is -3.24. The number of aliphatic hydroxyl groups is 1. The Kier molecular flexibility index (Phi) is 7.61. The second kappa shape index (κ2) is 10.8. The highest BCUT2D eigenvalue weighted by atomic mass is 32.3. The van der Waals surface area contributed by atoms with Gasteiger partial charge in [-0.05, 0) is 30.3 Å². The van der Waals surface area contributed by atoms with Crippen molar-refractivity contribution in [2.45, 2.75) is 6.10 Å². The Labute approximate surface area is 202 Å². The molecule has 0 aliphatic heterocycles. The number of hydrogen-bond acceptors (Lipinski definition) is 8. The third-order valence-corrected chi connectivity index (χ3v) is 5.58. The highest BCUT2D eigenvalue weighted by Crippen LogP contribution is 2.33. The number of aromatic amines is 1. The second-order valence-electron chi connectivity index (χ2n) is 7.69. The summed E-state index contributed by atoms with van der Waals surface area (Å²) in [5.41, 5.74) is 2.00. The van der Waals surface area contributed by atoms with E-state index in [-0.39, 0.29) is 24.7 Å². The summed E-state index contributed by atoms with van der Waals surface area (Å²) < 4.78 is 51.5. The smallest absolute Gasteiger partial charge is 0.446 e. The highest BCUT2D eigenvalue weighted by Gasteiger charge is 2.13. The van der Waals surface area contributed by atoms with E-state index >= 15 is 0 Å². The Morgan fingerprint density at radius 1 is 0.971 bits per heavy atom. The summed E-state index contributed by atoms with van der Waals surface area (Å²) in [4.78, 5) is 3.37. The Morgan fingerprint density at radius 3 is 2.57 bits per heavy atom. The number of para-hydroxylation sites is 1. The molecule has 11 heteroatoms. The number of aliphatic hydroxyl groups excluding tert-OH is 1. The first kappa shape index (κ1) is 24.6. The zero-order valence-electron chi connectivity index (χ0n) is 18.9. The van der Waals surface area contributed by atoms with Gasteiger partial charge in [0.2, 0.25) is 0 Å². The van der Waals surface area contributed by atoms with Gasteiger partial charge in [-0.2, -0.15) is 8.42 Å². The van der Waals surface area contributed by atoms with Crippen LogP contribution in [0.1, 0.15) is 0 Å². The van der Waals surface area contributed by atoms with E-state index in [1.165, 1.54) is 25.3 Å². The maximum absolute atomic E-state index is 10.8. The van der Waals surface area contributed by atoms with Crippen molar-refractivity contribution >= 4 is 32.2 Å². The van der Waals surface area contributed by atoms with Gasteiger partial charge in [0.05, 0.1) is 12.6 Å². The minimum atomic E-state index is -4.63. The molecule has 0 spiro atoms. The Bertz CT molecular complexity index is 1400. The third kappa shape index (κ3) is 6.34. The van der Waals surface area contributed by atoms with Gasteiger partial charge in [0, 0.05) is 35.4 Å². The van der Waals surface area contributed by atoms with Crippen molar-refractivity contribution in [1.82, 2.24) is 10.3 Å². The van der Waals surface area contributed by atoms with Crippen LogP contribution in [0.2, 0.25) is 0 Å². The van der Waals surface area contributed by atoms with Crippen LogP contribution in [0.3, 0.4) is 0 Å².